The molecule has 11 nitrogen and oxygen atoms in total. The highest BCUT2D eigenvalue weighted by Gasteiger charge is 2.16. The van der Waals surface area contributed by atoms with Crippen LogP contribution in [0.4, 0.5) is 0 Å². The molecule has 0 spiro atoms. The fraction of sp³-hybridized carbons (Fsp3) is 0.375. The number of esters is 1. The van der Waals surface area contributed by atoms with Crippen molar-refractivity contribution in [2.75, 3.05) is 20.8 Å². The van der Waals surface area contributed by atoms with E-state index in [1.165, 1.54) is 11.5 Å². The molecule has 2 N–H and O–H groups in total. The largest absolute Gasteiger partial charge is 0.493 e. The van der Waals surface area contributed by atoms with E-state index in [9.17, 15) is 14.4 Å². The number of nitrogens with one attached hydrogen (secondary N) is 2. The van der Waals surface area contributed by atoms with Gasteiger partial charge in [0, 0.05) is 43.6 Å². The van der Waals surface area contributed by atoms with Gasteiger partial charge in [-0.15, -0.1) is 0 Å². The third-order valence-corrected chi connectivity index (χ3v) is 5.72. The molecule has 1 atom stereocenters. The Balaban J connectivity index is 1.63. The van der Waals surface area contributed by atoms with Crippen molar-refractivity contribution in [3.8, 4) is 11.5 Å². The maximum atomic E-state index is 12.5. The molecule has 1 unspecified atom stereocenters. The summed E-state index contributed by atoms with van der Waals surface area (Å²) < 4.78 is 17.2. The van der Waals surface area contributed by atoms with Gasteiger partial charge in [0.05, 0.1) is 20.8 Å². The van der Waals surface area contributed by atoms with Gasteiger partial charge in [0.2, 0.25) is 0 Å². The quantitative estimate of drug-likeness (QED) is 0.346. The Morgan fingerprint density at radius 1 is 1.09 bits per heavy atom. The Hall–Kier alpha value is -4.15. The molecule has 0 saturated carbocycles. The molecule has 0 fully saturated rings. The van der Waals surface area contributed by atoms with Crippen LogP contribution in [0, 0.1) is 5.92 Å². The number of benzene rings is 1. The standard InChI is InChI=1S/C24H27N5O6/c1-13(12-35-14(2)30)11-29-22-21(23(31)28-24(29)32)26-20(27-22)6-5-15-9-25-10-16-7-18(33-3)19(34-4)8-17(15)16/h7-10,13H,5-6,11-12H2,1-4H3,(H,26,27)(H,28,31,32). The van der Waals surface area contributed by atoms with Crippen LogP contribution in [0.25, 0.3) is 21.9 Å². The number of carbonyl (C=O) groups is 1. The Kier molecular flexibility index (Phi) is 6.85. The smallest absolute Gasteiger partial charge is 0.330 e. The van der Waals surface area contributed by atoms with Crippen LogP contribution in [0.5, 0.6) is 11.5 Å². The molecule has 1 aromatic carbocycles. The lowest BCUT2D eigenvalue weighted by molar-refractivity contribution is -0.142. The molecule has 0 radical (unpaired) electrons. The molecular formula is C24H27N5O6. The first-order valence-electron chi connectivity index (χ1n) is 11.1. The first kappa shape index (κ1) is 24.0. The number of hydrogen-bond acceptors (Lipinski definition) is 8. The highest BCUT2D eigenvalue weighted by molar-refractivity contribution is 5.88. The SMILES string of the molecule is COc1cc2cncc(CCc3nc4c([nH]3)c(=O)[nH]c(=O)n4CC(C)COC(C)=O)c2cc1OC. The van der Waals surface area contributed by atoms with Crippen molar-refractivity contribution in [3.05, 3.63) is 56.8 Å². The van der Waals surface area contributed by atoms with Crippen LogP contribution >= 0.6 is 0 Å². The third-order valence-electron chi connectivity index (χ3n) is 5.72. The van der Waals surface area contributed by atoms with Crippen molar-refractivity contribution in [2.24, 2.45) is 5.92 Å². The third kappa shape index (κ3) is 5.03. The van der Waals surface area contributed by atoms with E-state index in [2.05, 4.69) is 19.9 Å². The number of methoxy groups -OCH3 is 2. The number of carbonyl (C=O) groups excluding carboxylic acids is 1. The number of nitrogens with zero attached hydrogens (tertiary/aromatic N) is 3. The van der Waals surface area contributed by atoms with Gasteiger partial charge in [-0.05, 0) is 29.5 Å². The number of aromatic amines is 2. The number of imidazole rings is 1. The van der Waals surface area contributed by atoms with Crippen LogP contribution in [-0.2, 0) is 28.9 Å². The number of ether oxygens (including phenoxy) is 3. The zero-order valence-electron chi connectivity index (χ0n) is 20.0. The molecule has 184 valence electrons. The molecule has 4 aromatic rings. The second kappa shape index (κ2) is 10.00. The van der Waals surface area contributed by atoms with Crippen molar-refractivity contribution in [1.29, 1.82) is 0 Å². The molecule has 0 saturated heterocycles. The summed E-state index contributed by atoms with van der Waals surface area (Å²) in [5.41, 5.74) is 0.378. The summed E-state index contributed by atoms with van der Waals surface area (Å²) in [6.45, 7) is 3.56. The fourth-order valence-corrected chi connectivity index (χ4v) is 4.01. The van der Waals surface area contributed by atoms with E-state index < -0.39 is 17.2 Å². The van der Waals surface area contributed by atoms with Gasteiger partial charge in [-0.25, -0.2) is 9.78 Å². The molecule has 0 aliphatic heterocycles. The topological polar surface area (TPSA) is 141 Å². The van der Waals surface area contributed by atoms with Crippen molar-refractivity contribution < 1.29 is 19.0 Å². The number of rotatable bonds is 9. The molecule has 0 bridgehead atoms. The number of fused-ring (bicyclic) bond motifs is 2. The van der Waals surface area contributed by atoms with Gasteiger partial charge in [0.15, 0.2) is 17.1 Å². The van der Waals surface area contributed by atoms with Gasteiger partial charge in [-0.3, -0.25) is 24.1 Å². The van der Waals surface area contributed by atoms with Crippen LogP contribution in [0.1, 0.15) is 25.2 Å². The van der Waals surface area contributed by atoms with Gasteiger partial charge in [0.25, 0.3) is 5.56 Å². The van der Waals surface area contributed by atoms with Crippen molar-refractivity contribution in [2.45, 2.75) is 33.2 Å². The van der Waals surface area contributed by atoms with Gasteiger partial charge in [0.1, 0.15) is 11.3 Å². The second-order valence-corrected chi connectivity index (χ2v) is 8.39. The molecule has 35 heavy (non-hydrogen) atoms. The Bertz CT molecular complexity index is 1500. The van der Waals surface area contributed by atoms with E-state index in [-0.39, 0.29) is 30.2 Å². The summed E-state index contributed by atoms with van der Waals surface area (Å²) in [6, 6.07) is 3.79. The van der Waals surface area contributed by atoms with Gasteiger partial charge < -0.3 is 19.2 Å². The van der Waals surface area contributed by atoms with E-state index in [4.69, 9.17) is 14.2 Å². The van der Waals surface area contributed by atoms with E-state index >= 15 is 0 Å². The minimum atomic E-state index is -0.561. The maximum Gasteiger partial charge on any atom is 0.330 e. The van der Waals surface area contributed by atoms with Crippen molar-refractivity contribution in [3.63, 3.8) is 0 Å². The molecule has 0 aliphatic rings. The van der Waals surface area contributed by atoms with E-state index in [0.717, 1.165) is 16.3 Å². The maximum absolute atomic E-state index is 12.5. The monoisotopic (exact) mass is 481 g/mol. The lowest BCUT2D eigenvalue weighted by Gasteiger charge is -2.13. The molecular weight excluding hydrogens is 454 g/mol. The molecule has 11 heteroatoms. The predicted octanol–water partition coefficient (Wildman–Crippen LogP) is 1.96. The first-order chi connectivity index (χ1) is 16.8. The minimum Gasteiger partial charge on any atom is -0.493 e. The second-order valence-electron chi connectivity index (χ2n) is 8.39. The van der Waals surface area contributed by atoms with Crippen LogP contribution in [0.3, 0.4) is 0 Å². The summed E-state index contributed by atoms with van der Waals surface area (Å²) in [5.74, 6) is 1.26. The first-order valence-corrected chi connectivity index (χ1v) is 11.1. The number of aryl methyl sites for hydroxylation is 2. The summed E-state index contributed by atoms with van der Waals surface area (Å²) in [5, 5.41) is 1.89. The highest BCUT2D eigenvalue weighted by atomic mass is 16.5. The van der Waals surface area contributed by atoms with Gasteiger partial charge >= 0.3 is 11.7 Å². The van der Waals surface area contributed by atoms with Gasteiger partial charge in [-0.2, -0.15) is 0 Å². The zero-order valence-corrected chi connectivity index (χ0v) is 20.0. The minimum absolute atomic E-state index is 0.153. The van der Waals surface area contributed by atoms with Crippen molar-refractivity contribution >= 4 is 27.9 Å². The summed E-state index contributed by atoms with van der Waals surface area (Å²) in [7, 11) is 3.17. The van der Waals surface area contributed by atoms with E-state index in [0.29, 0.717) is 30.2 Å². The fourth-order valence-electron chi connectivity index (χ4n) is 4.01. The molecule has 4 rings (SSSR count). The molecule has 0 aliphatic carbocycles. The lowest BCUT2D eigenvalue weighted by Crippen LogP contribution is -2.32. The van der Waals surface area contributed by atoms with Crippen LogP contribution < -0.4 is 20.7 Å². The normalized spacial score (nSPS) is 12.1. The number of pyridine rings is 1. The highest BCUT2D eigenvalue weighted by Crippen LogP contribution is 2.33. The number of aromatic nitrogens is 5. The van der Waals surface area contributed by atoms with Crippen LogP contribution in [-0.4, -0.2) is 51.3 Å². The summed E-state index contributed by atoms with van der Waals surface area (Å²) in [4.78, 5) is 50.2. The molecule has 3 heterocycles. The zero-order chi connectivity index (χ0) is 25.1. The average Bonchev–Trinajstić information content (AvgIpc) is 3.27. The number of H-pyrrole nitrogens is 2. The van der Waals surface area contributed by atoms with Crippen LogP contribution in [0.15, 0.2) is 34.1 Å². The van der Waals surface area contributed by atoms with E-state index in [1.807, 2.05) is 19.1 Å². The summed E-state index contributed by atoms with van der Waals surface area (Å²) in [6.07, 6.45) is 4.62. The van der Waals surface area contributed by atoms with E-state index in [1.54, 1.807) is 26.6 Å². The average molecular weight is 482 g/mol. The Morgan fingerprint density at radius 3 is 2.54 bits per heavy atom. The van der Waals surface area contributed by atoms with Crippen molar-refractivity contribution in [1.82, 2.24) is 24.5 Å². The van der Waals surface area contributed by atoms with Crippen LogP contribution in [0.2, 0.25) is 0 Å². The molecule has 0 amide bonds. The lowest BCUT2D eigenvalue weighted by atomic mass is 10.0. The summed E-state index contributed by atoms with van der Waals surface area (Å²) >= 11 is 0. The van der Waals surface area contributed by atoms with Gasteiger partial charge in [-0.1, -0.05) is 6.92 Å². The predicted molar refractivity (Wildman–Crippen MR) is 129 cm³/mol. The molecule has 3 aromatic heterocycles. The Morgan fingerprint density at radius 2 is 1.83 bits per heavy atom. The number of hydrogen-bond donors (Lipinski definition) is 2. The Labute approximate surface area is 200 Å².